The first-order valence-electron chi connectivity index (χ1n) is 6.78. The Morgan fingerprint density at radius 1 is 1.35 bits per heavy atom. The minimum Gasteiger partial charge on any atom is -0.370 e. The highest BCUT2D eigenvalue weighted by Crippen LogP contribution is 2.44. The maximum Gasteiger partial charge on any atom is 0.222 e. The first kappa shape index (κ1) is 12.1. The van der Waals surface area contributed by atoms with Gasteiger partial charge in [-0.25, -0.2) is 14.4 Å². The molecule has 0 spiro atoms. The molecule has 0 N–H and O–H groups in total. The normalized spacial score (nSPS) is 20.1. The number of para-hydroxylation sites is 1. The van der Waals surface area contributed by atoms with Gasteiger partial charge in [-0.3, -0.25) is 0 Å². The second-order valence-corrected chi connectivity index (χ2v) is 5.67. The molecule has 2 aliphatic heterocycles. The Morgan fingerprint density at radius 3 is 3.15 bits per heavy atom. The standard InChI is InChI=1S/C15H13ClFN3/c16-15-18-7-12(17)13(19-15)11-8-20-6-2-4-9-3-1-5-10(11)14(9)20/h1,3,5,7,11H,2,4,6,8H2. The van der Waals surface area contributed by atoms with Gasteiger partial charge in [0, 0.05) is 24.7 Å². The summed E-state index contributed by atoms with van der Waals surface area (Å²) in [5.41, 5.74) is 4.21. The third kappa shape index (κ3) is 1.71. The first-order chi connectivity index (χ1) is 9.74. The van der Waals surface area contributed by atoms with Gasteiger partial charge in [-0.05, 0) is 35.6 Å². The number of nitrogens with zero attached hydrogens (tertiary/aromatic N) is 3. The number of halogens is 2. The van der Waals surface area contributed by atoms with Crippen molar-refractivity contribution in [2.45, 2.75) is 18.8 Å². The molecule has 0 saturated heterocycles. The van der Waals surface area contributed by atoms with Gasteiger partial charge < -0.3 is 4.90 Å². The van der Waals surface area contributed by atoms with Gasteiger partial charge in [-0.15, -0.1) is 0 Å². The van der Waals surface area contributed by atoms with E-state index < -0.39 is 0 Å². The molecule has 0 aliphatic carbocycles. The molecule has 1 atom stereocenters. The number of anilines is 1. The Morgan fingerprint density at radius 2 is 2.25 bits per heavy atom. The largest absolute Gasteiger partial charge is 0.370 e. The van der Waals surface area contributed by atoms with Crippen LogP contribution in [0.3, 0.4) is 0 Å². The highest BCUT2D eigenvalue weighted by atomic mass is 35.5. The fourth-order valence-electron chi connectivity index (χ4n) is 3.39. The van der Waals surface area contributed by atoms with Gasteiger partial charge in [-0.2, -0.15) is 0 Å². The summed E-state index contributed by atoms with van der Waals surface area (Å²) in [7, 11) is 0. The third-order valence-corrected chi connectivity index (χ3v) is 4.37. The minimum atomic E-state index is -0.378. The van der Waals surface area contributed by atoms with Crippen LogP contribution in [0.25, 0.3) is 0 Å². The number of aryl methyl sites for hydroxylation is 1. The summed E-state index contributed by atoms with van der Waals surface area (Å²) >= 11 is 5.83. The van der Waals surface area contributed by atoms with Crippen LogP contribution in [0.4, 0.5) is 10.1 Å². The number of hydrogen-bond donors (Lipinski definition) is 0. The van der Waals surface area contributed by atoms with Crippen molar-refractivity contribution >= 4 is 17.3 Å². The lowest BCUT2D eigenvalue weighted by molar-refractivity contribution is 0.576. The van der Waals surface area contributed by atoms with Crippen molar-refractivity contribution in [1.82, 2.24) is 9.97 Å². The highest BCUT2D eigenvalue weighted by molar-refractivity contribution is 6.28. The van der Waals surface area contributed by atoms with E-state index in [1.54, 1.807) is 0 Å². The SMILES string of the molecule is Fc1cnc(Cl)nc1C1CN2CCCc3cccc1c32. The quantitative estimate of drug-likeness (QED) is 0.755. The topological polar surface area (TPSA) is 29.0 Å². The van der Waals surface area contributed by atoms with E-state index in [1.165, 1.54) is 11.3 Å². The smallest absolute Gasteiger partial charge is 0.222 e. The maximum atomic E-state index is 14.1. The van der Waals surface area contributed by atoms with Crippen LogP contribution in [0.2, 0.25) is 5.28 Å². The predicted octanol–water partition coefficient (Wildman–Crippen LogP) is 3.17. The molecule has 0 fully saturated rings. The van der Waals surface area contributed by atoms with Gasteiger partial charge in [0.1, 0.15) is 0 Å². The fraction of sp³-hybridized carbons (Fsp3) is 0.333. The second-order valence-electron chi connectivity index (χ2n) is 5.33. The van der Waals surface area contributed by atoms with Crippen LogP contribution >= 0.6 is 11.6 Å². The van der Waals surface area contributed by atoms with Crippen molar-refractivity contribution in [2.24, 2.45) is 0 Å². The Bertz CT molecular complexity index is 689. The molecule has 0 saturated carbocycles. The molecule has 4 rings (SSSR count). The van der Waals surface area contributed by atoms with E-state index in [9.17, 15) is 4.39 Å². The lowest BCUT2D eigenvalue weighted by Gasteiger charge is -2.26. The van der Waals surface area contributed by atoms with E-state index in [0.29, 0.717) is 5.69 Å². The molecule has 3 heterocycles. The third-order valence-electron chi connectivity index (χ3n) is 4.19. The van der Waals surface area contributed by atoms with Gasteiger partial charge in [0.15, 0.2) is 5.82 Å². The lowest BCUT2D eigenvalue weighted by Crippen LogP contribution is -2.27. The van der Waals surface area contributed by atoms with E-state index in [2.05, 4.69) is 33.1 Å². The van der Waals surface area contributed by atoms with Crippen LogP contribution in [0.5, 0.6) is 0 Å². The van der Waals surface area contributed by atoms with E-state index in [0.717, 1.165) is 37.7 Å². The summed E-state index contributed by atoms with van der Waals surface area (Å²) in [6.07, 6.45) is 3.41. The molecule has 0 amide bonds. The zero-order valence-electron chi connectivity index (χ0n) is 10.8. The van der Waals surface area contributed by atoms with Crippen molar-refractivity contribution in [2.75, 3.05) is 18.0 Å². The molecule has 102 valence electrons. The number of benzene rings is 1. The molecule has 20 heavy (non-hydrogen) atoms. The molecule has 1 aromatic heterocycles. The van der Waals surface area contributed by atoms with Gasteiger partial charge in [0.25, 0.3) is 0 Å². The van der Waals surface area contributed by atoms with E-state index in [1.807, 2.05) is 0 Å². The van der Waals surface area contributed by atoms with Crippen LogP contribution in [0.15, 0.2) is 24.4 Å². The zero-order valence-corrected chi connectivity index (χ0v) is 11.6. The average Bonchev–Trinajstić information content (AvgIpc) is 2.83. The van der Waals surface area contributed by atoms with Gasteiger partial charge in [0.05, 0.1) is 11.9 Å². The minimum absolute atomic E-state index is 0.0523. The number of aromatic nitrogens is 2. The molecule has 0 radical (unpaired) electrons. The van der Waals surface area contributed by atoms with Crippen LogP contribution < -0.4 is 4.90 Å². The van der Waals surface area contributed by atoms with Crippen molar-refractivity contribution in [3.8, 4) is 0 Å². The lowest BCUT2D eigenvalue weighted by atomic mass is 9.94. The molecule has 0 bridgehead atoms. The van der Waals surface area contributed by atoms with Gasteiger partial charge in [0.2, 0.25) is 5.28 Å². The fourth-order valence-corrected chi connectivity index (χ4v) is 3.53. The summed E-state index contributed by atoms with van der Waals surface area (Å²) < 4.78 is 14.1. The van der Waals surface area contributed by atoms with Crippen LogP contribution in [-0.2, 0) is 6.42 Å². The maximum absolute atomic E-state index is 14.1. The Labute approximate surface area is 121 Å². The Hall–Kier alpha value is -1.68. The van der Waals surface area contributed by atoms with Crippen LogP contribution in [-0.4, -0.2) is 23.1 Å². The molecule has 1 aromatic carbocycles. The zero-order chi connectivity index (χ0) is 13.7. The Kier molecular flexibility index (Phi) is 2.67. The van der Waals surface area contributed by atoms with E-state index in [4.69, 9.17) is 11.6 Å². The van der Waals surface area contributed by atoms with Crippen molar-refractivity contribution < 1.29 is 4.39 Å². The summed E-state index contributed by atoms with van der Waals surface area (Å²) in [4.78, 5) is 10.2. The molecule has 5 heteroatoms. The molecular weight excluding hydrogens is 277 g/mol. The summed E-state index contributed by atoms with van der Waals surface area (Å²) in [5, 5.41) is 0.104. The predicted molar refractivity (Wildman–Crippen MR) is 75.8 cm³/mol. The summed E-state index contributed by atoms with van der Waals surface area (Å²) in [6, 6.07) is 6.29. The van der Waals surface area contributed by atoms with Crippen molar-refractivity contribution in [3.05, 3.63) is 52.3 Å². The van der Waals surface area contributed by atoms with E-state index >= 15 is 0 Å². The molecule has 3 nitrogen and oxygen atoms in total. The Balaban J connectivity index is 1.87. The van der Waals surface area contributed by atoms with Gasteiger partial charge in [-0.1, -0.05) is 18.2 Å². The molecule has 2 aliphatic rings. The summed E-state index contributed by atoms with van der Waals surface area (Å²) in [6.45, 7) is 1.80. The van der Waals surface area contributed by atoms with Crippen LogP contribution in [0, 0.1) is 5.82 Å². The first-order valence-corrected chi connectivity index (χ1v) is 7.16. The van der Waals surface area contributed by atoms with Crippen molar-refractivity contribution in [3.63, 3.8) is 0 Å². The molecular formula is C15H13ClFN3. The average molecular weight is 290 g/mol. The van der Waals surface area contributed by atoms with Crippen molar-refractivity contribution in [1.29, 1.82) is 0 Å². The van der Waals surface area contributed by atoms with Crippen LogP contribution in [0.1, 0.15) is 29.2 Å². The monoisotopic (exact) mass is 289 g/mol. The number of hydrogen-bond acceptors (Lipinski definition) is 3. The van der Waals surface area contributed by atoms with Gasteiger partial charge >= 0.3 is 0 Å². The second kappa shape index (κ2) is 4.42. The summed E-state index contributed by atoms with van der Waals surface area (Å²) in [5.74, 6) is -0.430. The number of rotatable bonds is 1. The molecule has 1 unspecified atom stereocenters. The van der Waals surface area contributed by atoms with E-state index in [-0.39, 0.29) is 17.0 Å². The highest BCUT2D eigenvalue weighted by Gasteiger charge is 2.35. The molecule has 2 aromatic rings.